The molecular weight excluding hydrogens is 489 g/mol. The third-order valence-corrected chi connectivity index (χ3v) is 5.19. The Morgan fingerprint density at radius 3 is 2.87 bits per heavy atom. The monoisotopic (exact) mass is 523 g/mol. The Hall–Kier alpha value is -1.87. The van der Waals surface area contributed by atoms with Crippen LogP contribution in [0.2, 0.25) is 0 Å². The van der Waals surface area contributed by atoms with Crippen LogP contribution in [0.4, 0.5) is 0 Å². The molecule has 1 fully saturated rings. The van der Waals surface area contributed by atoms with E-state index in [-0.39, 0.29) is 24.0 Å². The van der Waals surface area contributed by atoms with E-state index in [1.54, 1.807) is 6.20 Å². The van der Waals surface area contributed by atoms with Crippen molar-refractivity contribution in [1.82, 2.24) is 20.5 Å². The Labute approximate surface area is 197 Å². The number of guanidine groups is 1. The number of rotatable bonds is 9. The van der Waals surface area contributed by atoms with Crippen molar-refractivity contribution in [3.05, 3.63) is 59.9 Å². The summed E-state index contributed by atoms with van der Waals surface area (Å²) in [6.07, 6.45) is 4.33. The largest absolute Gasteiger partial charge is 0.487 e. The Morgan fingerprint density at radius 2 is 2.10 bits per heavy atom. The minimum absolute atomic E-state index is 0. The zero-order valence-electron chi connectivity index (χ0n) is 18.0. The minimum Gasteiger partial charge on any atom is -0.487 e. The second-order valence-corrected chi connectivity index (χ2v) is 7.26. The van der Waals surface area contributed by atoms with Gasteiger partial charge in [0.25, 0.3) is 0 Å². The Balaban J connectivity index is 0.00000320. The standard InChI is InChI=1S/C23H33N5O.HI/c1-3-24-23(27-17-21-11-8-14-28(21)4-2)26-16-19-9-7-12-22(15-19)29-18-20-10-5-6-13-25-20;/h5-7,9-10,12-13,15,21H,3-4,8,11,14,16-18H2,1-2H3,(H2,24,26,27);1H. The van der Waals surface area contributed by atoms with Gasteiger partial charge in [0.05, 0.1) is 12.2 Å². The molecular formula is C23H34IN5O. The second kappa shape index (κ2) is 13.4. The molecule has 0 bridgehead atoms. The fourth-order valence-corrected chi connectivity index (χ4v) is 3.64. The minimum atomic E-state index is 0. The molecule has 0 amide bonds. The molecule has 1 aromatic carbocycles. The van der Waals surface area contributed by atoms with E-state index in [1.807, 2.05) is 36.4 Å². The maximum atomic E-state index is 5.88. The first kappa shape index (κ1) is 24.4. The van der Waals surface area contributed by atoms with Crippen LogP contribution in [0.15, 0.2) is 53.7 Å². The molecule has 2 aromatic rings. The van der Waals surface area contributed by atoms with Gasteiger partial charge in [-0.05, 0) is 62.7 Å². The Kier molecular flexibility index (Phi) is 10.9. The maximum Gasteiger partial charge on any atom is 0.191 e. The topological polar surface area (TPSA) is 61.8 Å². The van der Waals surface area contributed by atoms with Crippen molar-refractivity contribution in [2.24, 2.45) is 4.99 Å². The van der Waals surface area contributed by atoms with Crippen molar-refractivity contribution in [2.45, 2.75) is 45.9 Å². The summed E-state index contributed by atoms with van der Waals surface area (Å²) < 4.78 is 5.88. The molecule has 3 rings (SSSR count). The SMILES string of the molecule is CCNC(=NCc1cccc(OCc2ccccn2)c1)NCC1CCCN1CC.I. The molecule has 6 nitrogen and oxygen atoms in total. The summed E-state index contributed by atoms with van der Waals surface area (Å²) in [7, 11) is 0. The highest BCUT2D eigenvalue weighted by molar-refractivity contribution is 14.0. The molecule has 2 N–H and O–H groups in total. The van der Waals surface area contributed by atoms with Crippen LogP contribution in [0.25, 0.3) is 0 Å². The van der Waals surface area contributed by atoms with Crippen LogP contribution in [0.5, 0.6) is 5.75 Å². The third-order valence-electron chi connectivity index (χ3n) is 5.19. The van der Waals surface area contributed by atoms with E-state index in [4.69, 9.17) is 9.73 Å². The molecule has 0 radical (unpaired) electrons. The first-order valence-electron chi connectivity index (χ1n) is 10.7. The number of ether oxygens (including phenoxy) is 1. The van der Waals surface area contributed by atoms with Gasteiger partial charge >= 0.3 is 0 Å². The first-order chi connectivity index (χ1) is 14.3. The molecule has 1 aliphatic heterocycles. The highest BCUT2D eigenvalue weighted by Crippen LogP contribution is 2.16. The molecule has 1 unspecified atom stereocenters. The normalized spacial score (nSPS) is 16.7. The van der Waals surface area contributed by atoms with Gasteiger partial charge in [-0.2, -0.15) is 0 Å². The lowest BCUT2D eigenvalue weighted by molar-refractivity contribution is 0.267. The van der Waals surface area contributed by atoms with Crippen LogP contribution in [-0.4, -0.2) is 48.1 Å². The van der Waals surface area contributed by atoms with E-state index < -0.39 is 0 Å². The van der Waals surface area contributed by atoms with Crippen molar-refractivity contribution >= 4 is 29.9 Å². The number of hydrogen-bond acceptors (Lipinski definition) is 4. The molecule has 30 heavy (non-hydrogen) atoms. The van der Waals surface area contributed by atoms with Gasteiger partial charge in [-0.25, -0.2) is 4.99 Å². The number of hydrogen-bond donors (Lipinski definition) is 2. The molecule has 0 aliphatic carbocycles. The van der Waals surface area contributed by atoms with Gasteiger partial charge in [0.15, 0.2) is 5.96 Å². The number of likely N-dealkylation sites (N-methyl/N-ethyl adjacent to an activating group) is 1. The van der Waals surface area contributed by atoms with Crippen LogP contribution in [0, 0.1) is 0 Å². The van der Waals surface area contributed by atoms with Crippen molar-refractivity contribution < 1.29 is 4.74 Å². The van der Waals surface area contributed by atoms with E-state index in [1.165, 1.54) is 19.4 Å². The number of nitrogens with zero attached hydrogens (tertiary/aromatic N) is 3. The molecule has 7 heteroatoms. The van der Waals surface area contributed by atoms with Crippen molar-refractivity contribution in [3.8, 4) is 5.75 Å². The average Bonchev–Trinajstić information content (AvgIpc) is 3.23. The summed E-state index contributed by atoms with van der Waals surface area (Å²) in [5.74, 6) is 1.71. The average molecular weight is 523 g/mol. The molecule has 0 spiro atoms. The summed E-state index contributed by atoms with van der Waals surface area (Å²) in [6.45, 7) is 9.52. The predicted octanol–water partition coefficient (Wildman–Crippen LogP) is 3.82. The van der Waals surface area contributed by atoms with Crippen LogP contribution in [0.3, 0.4) is 0 Å². The molecule has 1 atom stereocenters. The number of aliphatic imine (C=N–C) groups is 1. The number of nitrogens with one attached hydrogen (secondary N) is 2. The Bertz CT molecular complexity index is 771. The van der Waals surface area contributed by atoms with Crippen molar-refractivity contribution in [1.29, 1.82) is 0 Å². The fourth-order valence-electron chi connectivity index (χ4n) is 3.64. The second-order valence-electron chi connectivity index (χ2n) is 7.26. The van der Waals surface area contributed by atoms with Gasteiger partial charge in [0, 0.05) is 25.3 Å². The van der Waals surface area contributed by atoms with Crippen molar-refractivity contribution in [3.63, 3.8) is 0 Å². The smallest absolute Gasteiger partial charge is 0.191 e. The molecule has 0 saturated carbocycles. The first-order valence-corrected chi connectivity index (χ1v) is 10.7. The number of likely N-dealkylation sites (tertiary alicyclic amines) is 1. The molecule has 1 aromatic heterocycles. The molecule has 1 saturated heterocycles. The number of pyridine rings is 1. The van der Waals surface area contributed by atoms with Crippen LogP contribution >= 0.6 is 24.0 Å². The van der Waals surface area contributed by atoms with Crippen LogP contribution < -0.4 is 15.4 Å². The van der Waals surface area contributed by atoms with Gasteiger partial charge in [0.1, 0.15) is 12.4 Å². The fraction of sp³-hybridized carbons (Fsp3) is 0.478. The molecule has 164 valence electrons. The van der Waals surface area contributed by atoms with Gasteiger partial charge in [-0.1, -0.05) is 25.1 Å². The number of aromatic nitrogens is 1. The van der Waals surface area contributed by atoms with Crippen molar-refractivity contribution in [2.75, 3.05) is 26.2 Å². The summed E-state index contributed by atoms with van der Waals surface area (Å²) in [5.41, 5.74) is 2.04. The summed E-state index contributed by atoms with van der Waals surface area (Å²) in [6, 6.07) is 14.6. The number of benzene rings is 1. The molecule has 2 heterocycles. The van der Waals surface area contributed by atoms with Gasteiger partial charge in [-0.3, -0.25) is 9.88 Å². The Morgan fingerprint density at radius 1 is 1.20 bits per heavy atom. The lowest BCUT2D eigenvalue weighted by Gasteiger charge is -2.24. The van der Waals surface area contributed by atoms with E-state index in [0.29, 0.717) is 19.2 Å². The highest BCUT2D eigenvalue weighted by atomic mass is 127. The van der Waals surface area contributed by atoms with Crippen LogP contribution in [-0.2, 0) is 13.2 Å². The third kappa shape index (κ3) is 7.75. The molecule has 1 aliphatic rings. The summed E-state index contributed by atoms with van der Waals surface area (Å²) in [4.78, 5) is 11.6. The van der Waals surface area contributed by atoms with Gasteiger partial charge < -0.3 is 15.4 Å². The lowest BCUT2D eigenvalue weighted by atomic mass is 10.2. The quantitative estimate of drug-likeness (QED) is 0.298. The van der Waals surface area contributed by atoms with E-state index in [2.05, 4.69) is 40.4 Å². The predicted molar refractivity (Wildman–Crippen MR) is 134 cm³/mol. The van der Waals surface area contributed by atoms with Gasteiger partial charge in [0.2, 0.25) is 0 Å². The number of halogens is 1. The van der Waals surface area contributed by atoms with E-state index in [0.717, 1.165) is 42.6 Å². The lowest BCUT2D eigenvalue weighted by Crippen LogP contribution is -2.44. The van der Waals surface area contributed by atoms with E-state index >= 15 is 0 Å². The van der Waals surface area contributed by atoms with Gasteiger partial charge in [-0.15, -0.1) is 24.0 Å². The van der Waals surface area contributed by atoms with E-state index in [9.17, 15) is 0 Å². The maximum absolute atomic E-state index is 5.88. The summed E-state index contributed by atoms with van der Waals surface area (Å²) >= 11 is 0. The zero-order chi connectivity index (χ0) is 20.3. The highest BCUT2D eigenvalue weighted by Gasteiger charge is 2.22. The summed E-state index contributed by atoms with van der Waals surface area (Å²) in [5, 5.41) is 6.87. The zero-order valence-corrected chi connectivity index (χ0v) is 20.3. The van der Waals surface area contributed by atoms with Crippen LogP contribution in [0.1, 0.15) is 37.9 Å².